The van der Waals surface area contributed by atoms with Crippen molar-refractivity contribution in [2.24, 2.45) is 0 Å². The Bertz CT molecular complexity index is 549. The third-order valence-electron chi connectivity index (χ3n) is 2.71. The summed E-state index contributed by atoms with van der Waals surface area (Å²) in [4.78, 5) is 10.8. The van der Waals surface area contributed by atoms with E-state index in [1.165, 1.54) is 6.92 Å². The van der Waals surface area contributed by atoms with Crippen molar-refractivity contribution in [3.63, 3.8) is 0 Å². The first kappa shape index (κ1) is 11.5. The molecule has 0 heterocycles. The van der Waals surface area contributed by atoms with E-state index >= 15 is 0 Å². The Hall–Kier alpha value is -2.03. The molecule has 88 valence electrons. The number of fused-ring (bicyclic) bond motifs is 1. The van der Waals surface area contributed by atoms with Crippen molar-refractivity contribution in [1.29, 1.82) is 0 Å². The number of anilines is 1. The normalized spacial score (nSPS) is 10.2. The van der Waals surface area contributed by atoms with Crippen molar-refractivity contribution in [2.75, 3.05) is 12.4 Å². The highest BCUT2D eigenvalue weighted by Gasteiger charge is 2.05. The Morgan fingerprint density at radius 3 is 2.53 bits per heavy atom. The van der Waals surface area contributed by atoms with Gasteiger partial charge < -0.3 is 10.1 Å². The largest absolute Gasteiger partial charge is 0.461 e. The van der Waals surface area contributed by atoms with Crippen molar-refractivity contribution in [3.05, 3.63) is 42.0 Å². The van der Waals surface area contributed by atoms with Gasteiger partial charge in [-0.1, -0.05) is 30.3 Å². The number of benzene rings is 2. The highest BCUT2D eigenvalue weighted by Crippen LogP contribution is 2.26. The number of hydrogen-bond acceptors (Lipinski definition) is 3. The number of ether oxygens (including phenoxy) is 1. The van der Waals surface area contributed by atoms with Gasteiger partial charge in [-0.05, 0) is 17.0 Å². The van der Waals surface area contributed by atoms with Crippen molar-refractivity contribution in [3.8, 4) is 0 Å². The SMILES string of the molecule is CNc1ccc(COC(C)=O)c2ccccc12. The van der Waals surface area contributed by atoms with Crippen molar-refractivity contribution < 1.29 is 9.53 Å². The van der Waals surface area contributed by atoms with E-state index < -0.39 is 0 Å². The number of carbonyl (C=O) groups is 1. The van der Waals surface area contributed by atoms with E-state index in [0.29, 0.717) is 6.61 Å². The number of esters is 1. The summed E-state index contributed by atoms with van der Waals surface area (Å²) in [5.41, 5.74) is 2.10. The molecular formula is C14H15NO2. The molecule has 0 saturated carbocycles. The second-order valence-electron chi connectivity index (χ2n) is 3.85. The molecule has 3 nitrogen and oxygen atoms in total. The Labute approximate surface area is 100 Å². The highest BCUT2D eigenvalue weighted by molar-refractivity contribution is 5.96. The van der Waals surface area contributed by atoms with Crippen LogP contribution in [0.25, 0.3) is 10.8 Å². The zero-order chi connectivity index (χ0) is 12.3. The van der Waals surface area contributed by atoms with Crippen LogP contribution in [0.15, 0.2) is 36.4 Å². The molecule has 2 aromatic carbocycles. The molecule has 0 radical (unpaired) electrons. The summed E-state index contributed by atoms with van der Waals surface area (Å²) in [5.74, 6) is -0.258. The van der Waals surface area contributed by atoms with Gasteiger partial charge in [0.15, 0.2) is 0 Å². The molecule has 3 heteroatoms. The predicted octanol–water partition coefficient (Wildman–Crippen LogP) is 2.94. The van der Waals surface area contributed by atoms with E-state index in [9.17, 15) is 4.79 Å². The lowest BCUT2D eigenvalue weighted by Gasteiger charge is -2.10. The number of carbonyl (C=O) groups excluding carboxylic acids is 1. The van der Waals surface area contributed by atoms with Crippen LogP contribution in [0.1, 0.15) is 12.5 Å². The molecule has 0 unspecified atom stereocenters. The third kappa shape index (κ3) is 2.38. The lowest BCUT2D eigenvalue weighted by molar-refractivity contribution is -0.142. The number of hydrogen-bond donors (Lipinski definition) is 1. The van der Waals surface area contributed by atoms with Crippen molar-refractivity contribution >= 4 is 22.4 Å². The zero-order valence-corrected chi connectivity index (χ0v) is 9.99. The average molecular weight is 229 g/mol. The fraction of sp³-hybridized carbons (Fsp3) is 0.214. The summed E-state index contributed by atoms with van der Waals surface area (Å²) in [5, 5.41) is 5.40. The van der Waals surface area contributed by atoms with E-state index in [2.05, 4.69) is 11.4 Å². The Kier molecular flexibility index (Phi) is 3.28. The fourth-order valence-corrected chi connectivity index (χ4v) is 1.88. The smallest absolute Gasteiger partial charge is 0.302 e. The zero-order valence-electron chi connectivity index (χ0n) is 9.99. The van der Waals surface area contributed by atoms with Crippen LogP contribution in [0, 0.1) is 0 Å². The first-order chi connectivity index (χ1) is 8.22. The highest BCUT2D eigenvalue weighted by atomic mass is 16.5. The van der Waals surface area contributed by atoms with Crippen LogP contribution in [-0.2, 0) is 16.1 Å². The summed E-state index contributed by atoms with van der Waals surface area (Å²) >= 11 is 0. The topological polar surface area (TPSA) is 38.3 Å². The van der Waals surface area contributed by atoms with Crippen LogP contribution in [-0.4, -0.2) is 13.0 Å². The van der Waals surface area contributed by atoms with Gasteiger partial charge in [-0.15, -0.1) is 0 Å². The molecule has 0 aliphatic heterocycles. The number of rotatable bonds is 3. The first-order valence-corrected chi connectivity index (χ1v) is 5.54. The van der Waals surface area contributed by atoms with Crippen LogP contribution in [0.2, 0.25) is 0 Å². The van der Waals surface area contributed by atoms with Gasteiger partial charge in [0.25, 0.3) is 0 Å². The van der Waals surface area contributed by atoms with Crippen LogP contribution in [0.5, 0.6) is 0 Å². The maximum Gasteiger partial charge on any atom is 0.302 e. The van der Waals surface area contributed by atoms with E-state index in [0.717, 1.165) is 22.0 Å². The molecule has 0 aromatic heterocycles. The van der Waals surface area contributed by atoms with Gasteiger partial charge in [-0.25, -0.2) is 0 Å². The summed E-state index contributed by atoms with van der Waals surface area (Å²) in [7, 11) is 1.90. The maximum atomic E-state index is 10.8. The molecular weight excluding hydrogens is 214 g/mol. The molecule has 0 fully saturated rings. The van der Waals surface area contributed by atoms with Gasteiger partial charge in [0.1, 0.15) is 6.61 Å². The van der Waals surface area contributed by atoms with Gasteiger partial charge in [-0.3, -0.25) is 4.79 Å². The Morgan fingerprint density at radius 1 is 1.18 bits per heavy atom. The second kappa shape index (κ2) is 4.87. The monoisotopic (exact) mass is 229 g/mol. The minimum atomic E-state index is -0.258. The lowest BCUT2D eigenvalue weighted by atomic mass is 10.0. The summed E-state index contributed by atoms with van der Waals surface area (Å²) in [6.45, 7) is 1.74. The van der Waals surface area contributed by atoms with Gasteiger partial charge in [0.05, 0.1) is 0 Å². The maximum absolute atomic E-state index is 10.8. The van der Waals surface area contributed by atoms with E-state index in [-0.39, 0.29) is 5.97 Å². The first-order valence-electron chi connectivity index (χ1n) is 5.54. The van der Waals surface area contributed by atoms with E-state index in [4.69, 9.17) is 4.74 Å². The summed E-state index contributed by atoms with van der Waals surface area (Å²) < 4.78 is 5.05. The van der Waals surface area contributed by atoms with Gasteiger partial charge in [0.2, 0.25) is 0 Å². The molecule has 17 heavy (non-hydrogen) atoms. The fourth-order valence-electron chi connectivity index (χ4n) is 1.88. The van der Waals surface area contributed by atoms with E-state index in [1.807, 2.05) is 37.4 Å². The molecule has 0 aliphatic carbocycles. The second-order valence-corrected chi connectivity index (χ2v) is 3.85. The van der Waals surface area contributed by atoms with Crippen LogP contribution in [0.4, 0.5) is 5.69 Å². The van der Waals surface area contributed by atoms with Gasteiger partial charge in [-0.2, -0.15) is 0 Å². The van der Waals surface area contributed by atoms with Crippen molar-refractivity contribution in [2.45, 2.75) is 13.5 Å². The van der Waals surface area contributed by atoms with Gasteiger partial charge >= 0.3 is 5.97 Å². The molecule has 0 saturated heterocycles. The molecule has 2 aromatic rings. The third-order valence-corrected chi connectivity index (χ3v) is 2.71. The van der Waals surface area contributed by atoms with E-state index in [1.54, 1.807) is 0 Å². The predicted molar refractivity (Wildman–Crippen MR) is 69.0 cm³/mol. The molecule has 0 atom stereocenters. The average Bonchev–Trinajstić information content (AvgIpc) is 2.35. The van der Waals surface area contributed by atoms with Crippen LogP contribution in [0.3, 0.4) is 0 Å². The standard InChI is InChI=1S/C14H15NO2/c1-10(16)17-9-11-7-8-14(15-2)13-6-4-3-5-12(11)13/h3-8,15H,9H2,1-2H3. The lowest BCUT2D eigenvalue weighted by Crippen LogP contribution is -2.00. The summed E-state index contributed by atoms with van der Waals surface area (Å²) in [6.07, 6.45) is 0. The molecule has 1 N–H and O–H groups in total. The van der Waals surface area contributed by atoms with Crippen LogP contribution >= 0.6 is 0 Å². The number of nitrogens with one attached hydrogen (secondary N) is 1. The van der Waals surface area contributed by atoms with Crippen LogP contribution < -0.4 is 5.32 Å². The van der Waals surface area contributed by atoms with Crippen molar-refractivity contribution in [1.82, 2.24) is 0 Å². The Morgan fingerprint density at radius 2 is 1.88 bits per heavy atom. The summed E-state index contributed by atoms with van der Waals surface area (Å²) in [6, 6.07) is 12.1. The minimum Gasteiger partial charge on any atom is -0.461 e. The minimum absolute atomic E-state index is 0.258. The molecule has 0 aliphatic rings. The molecule has 0 bridgehead atoms. The molecule has 0 amide bonds. The molecule has 0 spiro atoms. The van der Waals surface area contributed by atoms with Gasteiger partial charge in [0, 0.05) is 25.0 Å². The molecule has 2 rings (SSSR count). The Balaban J connectivity index is 2.47. The quantitative estimate of drug-likeness (QED) is 0.822.